The van der Waals surface area contributed by atoms with Gasteiger partial charge in [0, 0.05) is 21.5 Å². The zero-order valence-electron chi connectivity index (χ0n) is 11.8. The van der Waals surface area contributed by atoms with Gasteiger partial charge in [-0.1, -0.05) is 27.7 Å². The van der Waals surface area contributed by atoms with Crippen LogP contribution in [0.25, 0.3) is 10.2 Å². The summed E-state index contributed by atoms with van der Waals surface area (Å²) in [4.78, 5) is 6.24. The van der Waals surface area contributed by atoms with Gasteiger partial charge in [0.15, 0.2) is 0 Å². The molecule has 0 aliphatic carbocycles. The largest absolute Gasteiger partial charge is 0.242 e. The topological polar surface area (TPSA) is 12.9 Å². The summed E-state index contributed by atoms with van der Waals surface area (Å²) in [6.45, 7) is 13.6. The maximum Gasteiger partial charge on any atom is 0.138 e. The van der Waals surface area contributed by atoms with Crippen LogP contribution in [0.3, 0.4) is 0 Å². The minimum absolute atomic E-state index is 0.119. The predicted molar refractivity (Wildman–Crippen MR) is 76.5 cm³/mol. The molecule has 17 heavy (non-hydrogen) atoms. The number of thiophene rings is 1. The number of hydrogen-bond donors (Lipinski definition) is 0. The molecule has 0 aromatic carbocycles. The highest BCUT2D eigenvalue weighted by Crippen LogP contribution is 2.28. The molecule has 0 spiro atoms. The highest BCUT2D eigenvalue weighted by atomic mass is 32.1. The molecule has 0 bridgehead atoms. The Kier molecular flexibility index (Phi) is 6.97. The van der Waals surface area contributed by atoms with Crippen LogP contribution in [0.5, 0.6) is 0 Å². The summed E-state index contributed by atoms with van der Waals surface area (Å²) in [5, 5.41) is 0.658. The van der Waals surface area contributed by atoms with Gasteiger partial charge in [-0.05, 0) is 26.8 Å². The highest BCUT2D eigenvalue weighted by Gasteiger charge is 2.10. The maximum absolute atomic E-state index is 13.6. The zero-order valence-corrected chi connectivity index (χ0v) is 12.6. The van der Waals surface area contributed by atoms with Gasteiger partial charge in [-0.3, -0.25) is 0 Å². The normalized spacial score (nSPS) is 9.18. The van der Waals surface area contributed by atoms with E-state index >= 15 is 0 Å². The van der Waals surface area contributed by atoms with Crippen molar-refractivity contribution < 1.29 is 4.39 Å². The first-order valence-corrected chi connectivity index (χ1v) is 6.94. The Morgan fingerprint density at radius 1 is 1.06 bits per heavy atom. The lowest BCUT2D eigenvalue weighted by molar-refractivity contribution is 0.627. The van der Waals surface area contributed by atoms with Crippen LogP contribution in [0.4, 0.5) is 4.39 Å². The zero-order chi connectivity index (χ0) is 13.6. The average molecular weight is 255 g/mol. The fraction of sp³-hybridized carbons (Fsp3) is 0.500. The second kappa shape index (κ2) is 7.38. The lowest BCUT2D eigenvalue weighted by Crippen LogP contribution is -1.91. The first-order chi connectivity index (χ1) is 8.09. The monoisotopic (exact) mass is 255 g/mol. The minimum Gasteiger partial charge on any atom is -0.242 e. The van der Waals surface area contributed by atoms with E-state index in [1.807, 2.05) is 47.6 Å². The van der Waals surface area contributed by atoms with Crippen molar-refractivity contribution in [3.63, 3.8) is 0 Å². The number of hydrogen-bond acceptors (Lipinski definition) is 2. The van der Waals surface area contributed by atoms with Gasteiger partial charge in [-0.2, -0.15) is 0 Å². The second-order valence-electron chi connectivity index (χ2n) is 3.21. The molecule has 2 heterocycles. The molecule has 0 unspecified atom stereocenters. The van der Waals surface area contributed by atoms with Gasteiger partial charge in [-0.25, -0.2) is 9.37 Å². The van der Waals surface area contributed by atoms with Gasteiger partial charge in [0.1, 0.15) is 10.6 Å². The molecular weight excluding hydrogens is 233 g/mol. The number of aryl methyl sites for hydroxylation is 2. The Balaban J connectivity index is 0.000000581. The van der Waals surface area contributed by atoms with Crippen LogP contribution in [0.15, 0.2) is 6.07 Å². The minimum atomic E-state index is -0.119. The number of halogens is 1. The van der Waals surface area contributed by atoms with Crippen molar-refractivity contribution in [2.75, 3.05) is 0 Å². The van der Waals surface area contributed by atoms with Gasteiger partial charge >= 0.3 is 0 Å². The molecule has 3 heteroatoms. The van der Waals surface area contributed by atoms with Gasteiger partial charge in [0.25, 0.3) is 0 Å². The highest BCUT2D eigenvalue weighted by molar-refractivity contribution is 7.18. The van der Waals surface area contributed by atoms with E-state index in [-0.39, 0.29) is 5.82 Å². The van der Waals surface area contributed by atoms with Gasteiger partial charge < -0.3 is 0 Å². The lowest BCUT2D eigenvalue weighted by atomic mass is 10.2. The molecule has 0 atom stereocenters. The van der Waals surface area contributed by atoms with E-state index in [1.165, 1.54) is 11.3 Å². The van der Waals surface area contributed by atoms with Gasteiger partial charge in [0.2, 0.25) is 0 Å². The summed E-state index contributed by atoms with van der Waals surface area (Å²) >= 11 is 1.54. The summed E-state index contributed by atoms with van der Waals surface area (Å²) in [7, 11) is 0. The van der Waals surface area contributed by atoms with E-state index < -0.39 is 0 Å². The molecule has 0 fully saturated rings. The fourth-order valence-corrected chi connectivity index (χ4v) is 2.26. The van der Waals surface area contributed by atoms with Crippen LogP contribution in [0, 0.1) is 26.6 Å². The number of fused-ring (bicyclic) bond motifs is 1. The van der Waals surface area contributed by atoms with Crippen molar-refractivity contribution >= 4 is 21.6 Å². The summed E-state index contributed by atoms with van der Waals surface area (Å²) < 4.78 is 13.6. The third-order valence-electron chi connectivity index (χ3n) is 2.21. The summed E-state index contributed by atoms with van der Waals surface area (Å²) in [5.74, 6) is -0.119. The predicted octanol–water partition coefficient (Wildman–Crippen LogP) is 5.41. The molecule has 0 saturated heterocycles. The van der Waals surface area contributed by atoms with Crippen molar-refractivity contribution in [1.82, 2.24) is 4.98 Å². The summed E-state index contributed by atoms with van der Waals surface area (Å²) in [6.07, 6.45) is 0. The number of nitrogens with zero attached hydrogens (tertiary/aromatic N) is 1. The van der Waals surface area contributed by atoms with Crippen LogP contribution in [-0.4, -0.2) is 4.98 Å². The van der Waals surface area contributed by atoms with Gasteiger partial charge in [0.05, 0.1) is 0 Å². The maximum atomic E-state index is 13.6. The Labute approximate surface area is 108 Å². The third-order valence-corrected chi connectivity index (χ3v) is 3.16. The van der Waals surface area contributed by atoms with Crippen LogP contribution in [0.1, 0.15) is 43.8 Å². The molecule has 2 aromatic rings. The first-order valence-electron chi connectivity index (χ1n) is 6.12. The second-order valence-corrected chi connectivity index (χ2v) is 4.45. The van der Waals surface area contributed by atoms with E-state index in [4.69, 9.17) is 0 Å². The Bertz CT molecular complexity index is 475. The molecule has 0 aliphatic heterocycles. The van der Waals surface area contributed by atoms with Crippen LogP contribution < -0.4 is 0 Å². The summed E-state index contributed by atoms with van der Waals surface area (Å²) in [5.41, 5.74) is 1.44. The molecule has 96 valence electrons. The van der Waals surface area contributed by atoms with Crippen molar-refractivity contribution in [3.05, 3.63) is 28.0 Å². The molecule has 2 aromatic heterocycles. The molecule has 0 amide bonds. The Morgan fingerprint density at radius 2 is 1.59 bits per heavy atom. The summed E-state index contributed by atoms with van der Waals surface area (Å²) in [6, 6.07) is 1.86. The van der Waals surface area contributed by atoms with Crippen LogP contribution in [-0.2, 0) is 0 Å². The van der Waals surface area contributed by atoms with E-state index in [9.17, 15) is 4.39 Å². The van der Waals surface area contributed by atoms with Crippen molar-refractivity contribution in [2.45, 2.75) is 48.5 Å². The Hall–Kier alpha value is -0.960. The van der Waals surface area contributed by atoms with E-state index in [0.717, 1.165) is 15.4 Å². The Morgan fingerprint density at radius 3 is 2.12 bits per heavy atom. The molecule has 2 rings (SSSR count). The third kappa shape index (κ3) is 3.50. The molecule has 0 N–H and O–H groups in total. The number of pyridine rings is 1. The first kappa shape index (κ1) is 16.0. The average Bonchev–Trinajstić information content (AvgIpc) is 2.72. The van der Waals surface area contributed by atoms with Crippen molar-refractivity contribution in [3.8, 4) is 0 Å². The van der Waals surface area contributed by atoms with E-state index in [1.54, 1.807) is 6.92 Å². The van der Waals surface area contributed by atoms with E-state index in [2.05, 4.69) is 4.98 Å². The van der Waals surface area contributed by atoms with Crippen LogP contribution in [0.2, 0.25) is 0 Å². The standard InChI is InChI=1S/C10H10FNS.2C2H6/c1-5-4-8-9(11)6(2)7(3)12-10(8)13-5;2*1-2/h4H,1-3H3;2*1-2H3. The SMILES string of the molecule is CC.CC.Cc1cc2c(F)c(C)c(C)nc2s1. The van der Waals surface area contributed by atoms with E-state index in [0.29, 0.717) is 10.9 Å². The fourth-order valence-electron chi connectivity index (χ4n) is 1.34. The number of rotatable bonds is 0. The van der Waals surface area contributed by atoms with Crippen LogP contribution >= 0.6 is 11.3 Å². The lowest BCUT2D eigenvalue weighted by Gasteiger charge is -2.00. The molecular formula is C14H22FNS. The quantitative estimate of drug-likeness (QED) is 0.613. The van der Waals surface area contributed by atoms with Crippen molar-refractivity contribution in [1.29, 1.82) is 0 Å². The molecule has 0 radical (unpaired) electrons. The smallest absolute Gasteiger partial charge is 0.138 e. The molecule has 0 saturated carbocycles. The molecule has 0 aliphatic rings. The van der Waals surface area contributed by atoms with Gasteiger partial charge in [-0.15, -0.1) is 11.3 Å². The molecule has 1 nitrogen and oxygen atoms in total. The van der Waals surface area contributed by atoms with Crippen molar-refractivity contribution in [2.24, 2.45) is 0 Å². The number of aromatic nitrogens is 1.